The molecule has 2 rings (SSSR count). The van der Waals surface area contributed by atoms with Crippen LogP contribution in [-0.4, -0.2) is 43.5 Å². The number of halogens is 1. The highest BCUT2D eigenvalue weighted by Gasteiger charge is 2.28. The minimum Gasteiger partial charge on any atom is -0.497 e. The number of nitrogens with one attached hydrogen (secondary N) is 1. The fraction of sp³-hybridized carbons (Fsp3) is 0.364. The van der Waals surface area contributed by atoms with Gasteiger partial charge in [-0.15, -0.1) is 0 Å². The third-order valence-electron chi connectivity index (χ3n) is 4.64. The van der Waals surface area contributed by atoms with Crippen molar-refractivity contribution in [3.8, 4) is 11.5 Å². The number of aryl methyl sites for hydroxylation is 1. The summed E-state index contributed by atoms with van der Waals surface area (Å²) < 4.78 is 10.8. The summed E-state index contributed by atoms with van der Waals surface area (Å²) in [5.41, 5.74) is 1.76. The Morgan fingerprint density at radius 2 is 1.79 bits per heavy atom. The summed E-state index contributed by atoms with van der Waals surface area (Å²) in [5, 5.41) is 3.27. The van der Waals surface area contributed by atoms with Crippen LogP contribution in [0.4, 0.5) is 0 Å². The third kappa shape index (κ3) is 6.12. The fourth-order valence-corrected chi connectivity index (χ4v) is 3.07. The molecule has 7 heteroatoms. The molecule has 2 aromatic carbocycles. The molecule has 29 heavy (non-hydrogen) atoms. The first-order chi connectivity index (χ1) is 13.9. The molecule has 0 saturated heterocycles. The zero-order valence-corrected chi connectivity index (χ0v) is 18.0. The average Bonchev–Trinajstić information content (AvgIpc) is 2.74. The molecule has 156 valence electrons. The molecule has 0 aliphatic rings. The average molecular weight is 419 g/mol. The van der Waals surface area contributed by atoms with Crippen molar-refractivity contribution in [2.24, 2.45) is 0 Å². The van der Waals surface area contributed by atoms with Gasteiger partial charge in [0.1, 0.15) is 17.5 Å². The Hall–Kier alpha value is -2.73. The Bertz CT molecular complexity index is 839. The summed E-state index contributed by atoms with van der Waals surface area (Å²) in [6.07, 6.45) is 0.488. The molecule has 1 atom stereocenters. The van der Waals surface area contributed by atoms with Gasteiger partial charge in [0, 0.05) is 18.6 Å². The molecule has 0 aromatic heterocycles. The van der Waals surface area contributed by atoms with Crippen LogP contribution in [0.25, 0.3) is 0 Å². The van der Waals surface area contributed by atoms with Gasteiger partial charge in [-0.1, -0.05) is 30.7 Å². The van der Waals surface area contributed by atoms with Crippen molar-refractivity contribution in [3.63, 3.8) is 0 Å². The molecule has 6 nitrogen and oxygen atoms in total. The van der Waals surface area contributed by atoms with Gasteiger partial charge < -0.3 is 19.7 Å². The lowest BCUT2D eigenvalue weighted by Crippen LogP contribution is -2.49. The maximum atomic E-state index is 13.0. The molecular weight excluding hydrogens is 392 g/mol. The molecule has 0 heterocycles. The molecule has 0 fully saturated rings. The van der Waals surface area contributed by atoms with E-state index >= 15 is 0 Å². The number of rotatable bonds is 9. The highest BCUT2D eigenvalue weighted by Crippen LogP contribution is 2.21. The summed E-state index contributed by atoms with van der Waals surface area (Å²) >= 11 is 6.03. The zero-order chi connectivity index (χ0) is 21.4. The number of methoxy groups -OCH3 is 1. The summed E-state index contributed by atoms with van der Waals surface area (Å²) in [6.45, 7) is 3.85. The molecule has 0 bridgehead atoms. The van der Waals surface area contributed by atoms with Crippen molar-refractivity contribution in [3.05, 3.63) is 58.6 Å². The Morgan fingerprint density at radius 3 is 2.34 bits per heavy atom. The van der Waals surface area contributed by atoms with Gasteiger partial charge in [-0.2, -0.15) is 0 Å². The molecule has 2 aromatic rings. The van der Waals surface area contributed by atoms with E-state index in [-0.39, 0.29) is 25.0 Å². The number of hydrogen-bond acceptors (Lipinski definition) is 4. The van der Waals surface area contributed by atoms with E-state index in [1.165, 1.54) is 0 Å². The summed E-state index contributed by atoms with van der Waals surface area (Å²) in [7, 11) is 3.16. The van der Waals surface area contributed by atoms with E-state index in [1.54, 1.807) is 37.3 Å². The lowest BCUT2D eigenvalue weighted by molar-refractivity contribution is -0.142. The quantitative estimate of drug-likeness (QED) is 0.675. The first-order valence-corrected chi connectivity index (χ1v) is 9.80. The number of likely N-dealkylation sites (N-methyl/N-ethyl adjacent to an activating group) is 1. The SMILES string of the molecule is CC[C@H](C(=O)NC)N(Cc1ccc(OC)cc1)C(=O)COc1ccc(Cl)c(C)c1. The van der Waals surface area contributed by atoms with E-state index in [2.05, 4.69) is 5.32 Å². The van der Waals surface area contributed by atoms with Crippen LogP contribution in [0.15, 0.2) is 42.5 Å². The maximum Gasteiger partial charge on any atom is 0.261 e. The smallest absolute Gasteiger partial charge is 0.261 e. The van der Waals surface area contributed by atoms with Gasteiger partial charge in [0.2, 0.25) is 5.91 Å². The predicted molar refractivity (Wildman–Crippen MR) is 113 cm³/mol. The van der Waals surface area contributed by atoms with Crippen molar-refractivity contribution in [1.82, 2.24) is 10.2 Å². The Balaban J connectivity index is 2.18. The molecule has 0 unspecified atom stereocenters. The minimum atomic E-state index is -0.592. The highest BCUT2D eigenvalue weighted by atomic mass is 35.5. The van der Waals surface area contributed by atoms with E-state index in [9.17, 15) is 9.59 Å². The van der Waals surface area contributed by atoms with Crippen molar-refractivity contribution in [1.29, 1.82) is 0 Å². The van der Waals surface area contributed by atoms with Gasteiger partial charge in [-0.3, -0.25) is 9.59 Å². The first kappa shape index (κ1) is 22.6. The fourth-order valence-electron chi connectivity index (χ4n) is 2.95. The Labute approximate surface area is 176 Å². The number of amides is 2. The van der Waals surface area contributed by atoms with Crippen LogP contribution in [0.5, 0.6) is 11.5 Å². The van der Waals surface area contributed by atoms with Crippen LogP contribution in [0, 0.1) is 6.92 Å². The Kier molecular flexibility index (Phi) is 8.34. The van der Waals surface area contributed by atoms with E-state index in [0.717, 1.165) is 16.9 Å². The summed E-state index contributed by atoms with van der Waals surface area (Å²) in [6, 6.07) is 12.0. The van der Waals surface area contributed by atoms with E-state index in [0.29, 0.717) is 17.2 Å². The molecule has 1 N–H and O–H groups in total. The van der Waals surface area contributed by atoms with Crippen LogP contribution >= 0.6 is 11.6 Å². The number of carbonyl (C=O) groups excluding carboxylic acids is 2. The molecule has 0 aliphatic heterocycles. The zero-order valence-electron chi connectivity index (χ0n) is 17.2. The Morgan fingerprint density at radius 1 is 1.14 bits per heavy atom. The predicted octanol–water partition coefficient (Wildman–Crippen LogP) is 3.59. The van der Waals surface area contributed by atoms with Gasteiger partial charge in [-0.25, -0.2) is 0 Å². The number of hydrogen-bond donors (Lipinski definition) is 1. The van der Waals surface area contributed by atoms with Crippen LogP contribution in [0.1, 0.15) is 24.5 Å². The maximum absolute atomic E-state index is 13.0. The van der Waals surface area contributed by atoms with E-state index in [4.69, 9.17) is 21.1 Å². The van der Waals surface area contributed by atoms with Crippen LogP contribution in [0.3, 0.4) is 0 Å². The molecule has 0 spiro atoms. The largest absolute Gasteiger partial charge is 0.497 e. The second-order valence-electron chi connectivity index (χ2n) is 6.61. The van der Waals surface area contributed by atoms with Gasteiger partial charge in [0.05, 0.1) is 7.11 Å². The van der Waals surface area contributed by atoms with Crippen molar-refractivity contribution >= 4 is 23.4 Å². The molecule has 0 aliphatic carbocycles. The van der Waals surface area contributed by atoms with Gasteiger partial charge in [-0.05, 0) is 54.8 Å². The van der Waals surface area contributed by atoms with Crippen molar-refractivity contribution < 1.29 is 19.1 Å². The van der Waals surface area contributed by atoms with Crippen LogP contribution < -0.4 is 14.8 Å². The normalized spacial score (nSPS) is 11.5. The minimum absolute atomic E-state index is 0.176. The second-order valence-corrected chi connectivity index (χ2v) is 7.01. The molecule has 0 radical (unpaired) electrons. The molecule has 2 amide bonds. The lowest BCUT2D eigenvalue weighted by atomic mass is 10.1. The number of benzene rings is 2. The van der Waals surface area contributed by atoms with Gasteiger partial charge in [0.25, 0.3) is 5.91 Å². The summed E-state index contributed by atoms with van der Waals surface area (Å²) in [4.78, 5) is 26.9. The standard InChI is InChI=1S/C22H27ClN2O4/c1-5-20(22(27)24-3)25(13-16-6-8-17(28-4)9-7-16)21(26)14-29-18-10-11-19(23)15(2)12-18/h6-12,20H,5,13-14H2,1-4H3,(H,24,27)/t20-/m1/s1. The van der Waals surface area contributed by atoms with Gasteiger partial charge in [0.15, 0.2) is 6.61 Å². The van der Waals surface area contributed by atoms with E-state index < -0.39 is 6.04 Å². The number of nitrogens with zero attached hydrogens (tertiary/aromatic N) is 1. The number of ether oxygens (including phenoxy) is 2. The van der Waals surface area contributed by atoms with Crippen LogP contribution in [0.2, 0.25) is 5.02 Å². The highest BCUT2D eigenvalue weighted by molar-refractivity contribution is 6.31. The summed E-state index contributed by atoms with van der Waals surface area (Å²) in [5.74, 6) is 0.796. The monoisotopic (exact) mass is 418 g/mol. The third-order valence-corrected chi connectivity index (χ3v) is 5.06. The van der Waals surface area contributed by atoms with Crippen molar-refractivity contribution in [2.75, 3.05) is 20.8 Å². The lowest BCUT2D eigenvalue weighted by Gasteiger charge is -2.30. The molecular formula is C22H27ClN2O4. The molecule has 0 saturated carbocycles. The van der Waals surface area contributed by atoms with Crippen molar-refractivity contribution in [2.45, 2.75) is 32.9 Å². The second kappa shape index (κ2) is 10.7. The van der Waals surface area contributed by atoms with Gasteiger partial charge >= 0.3 is 0 Å². The topological polar surface area (TPSA) is 67.9 Å². The van der Waals surface area contributed by atoms with Crippen LogP contribution in [-0.2, 0) is 16.1 Å². The first-order valence-electron chi connectivity index (χ1n) is 9.42. The number of carbonyl (C=O) groups is 2. The van der Waals surface area contributed by atoms with E-state index in [1.807, 2.05) is 38.1 Å².